The van der Waals surface area contributed by atoms with E-state index in [1.54, 1.807) is 6.92 Å². The molecule has 4 heteroatoms. The molecule has 138 valence electrons. The van der Waals surface area contributed by atoms with Gasteiger partial charge in [-0.25, -0.2) is 9.59 Å². The molecule has 4 nitrogen and oxygen atoms in total. The molecule has 0 saturated heterocycles. The van der Waals surface area contributed by atoms with Crippen LogP contribution in [-0.4, -0.2) is 23.6 Å². The van der Waals surface area contributed by atoms with Crippen LogP contribution < -0.4 is 0 Å². The summed E-state index contributed by atoms with van der Waals surface area (Å²) in [5.41, 5.74) is 0.384. The molecule has 1 aliphatic rings. The fourth-order valence-electron chi connectivity index (χ4n) is 2.94. The second kappa shape index (κ2) is 9.05. The van der Waals surface area contributed by atoms with Gasteiger partial charge in [-0.05, 0) is 58.3 Å². The molecule has 0 amide bonds. The van der Waals surface area contributed by atoms with Crippen molar-refractivity contribution in [1.29, 1.82) is 0 Å². The lowest BCUT2D eigenvalue weighted by atomic mass is 9.71. The normalized spacial score (nSPS) is 22.5. The van der Waals surface area contributed by atoms with Crippen LogP contribution in [0.25, 0.3) is 0 Å². The highest BCUT2D eigenvalue weighted by Gasteiger charge is 2.33. The fraction of sp³-hybridized carbons (Fsp3) is 0.700. The molecule has 0 aliphatic heterocycles. The van der Waals surface area contributed by atoms with Crippen LogP contribution in [-0.2, 0) is 19.1 Å². The lowest BCUT2D eigenvalue weighted by Crippen LogP contribution is -2.34. The average Bonchev–Trinajstić information content (AvgIpc) is 2.34. The summed E-state index contributed by atoms with van der Waals surface area (Å²) in [5.74, 6) is 0.0177. The van der Waals surface area contributed by atoms with Crippen molar-refractivity contribution >= 4 is 11.9 Å². The minimum Gasteiger partial charge on any atom is -0.459 e. The predicted molar refractivity (Wildman–Crippen MR) is 97.5 cm³/mol. The van der Waals surface area contributed by atoms with Gasteiger partial charge in [-0.2, -0.15) is 0 Å². The van der Waals surface area contributed by atoms with Crippen LogP contribution in [0, 0.1) is 11.3 Å². The maximum absolute atomic E-state index is 11.4. The first-order valence-electron chi connectivity index (χ1n) is 8.47. The smallest absolute Gasteiger partial charge is 0.333 e. The van der Waals surface area contributed by atoms with Crippen LogP contribution in [0.5, 0.6) is 0 Å². The van der Waals surface area contributed by atoms with Gasteiger partial charge in [0, 0.05) is 11.6 Å². The van der Waals surface area contributed by atoms with Gasteiger partial charge in [0.25, 0.3) is 0 Å². The van der Waals surface area contributed by atoms with Crippen molar-refractivity contribution in [2.75, 3.05) is 0 Å². The average molecular weight is 338 g/mol. The number of esters is 2. The standard InChI is InChI=1S/C13H22O2.C7H12O2/c1-9(2)12(14)15-11-6-10(3)7-13(4,5)8-11;1-5-6(8)9-7(2,3)4/h10-11H,1,6-8H2,2-5H3;5H,1H2,2-4H3. The molecule has 24 heavy (non-hydrogen) atoms. The Kier molecular flexibility index (Phi) is 8.45. The Labute approximate surface area is 147 Å². The third-order valence-corrected chi connectivity index (χ3v) is 3.54. The van der Waals surface area contributed by atoms with E-state index in [4.69, 9.17) is 9.47 Å². The molecule has 0 bridgehead atoms. The molecule has 2 unspecified atom stereocenters. The summed E-state index contributed by atoms with van der Waals surface area (Å²) in [6.45, 7) is 20.7. The van der Waals surface area contributed by atoms with Gasteiger partial charge in [0.15, 0.2) is 0 Å². The number of ether oxygens (including phenoxy) is 2. The summed E-state index contributed by atoms with van der Waals surface area (Å²) in [7, 11) is 0. The molecular weight excluding hydrogens is 304 g/mol. The van der Waals surface area contributed by atoms with Crippen LogP contribution >= 0.6 is 0 Å². The van der Waals surface area contributed by atoms with E-state index in [0.717, 1.165) is 18.9 Å². The largest absolute Gasteiger partial charge is 0.459 e. The van der Waals surface area contributed by atoms with Crippen molar-refractivity contribution in [3.05, 3.63) is 24.8 Å². The number of carbonyl (C=O) groups is 2. The van der Waals surface area contributed by atoms with Gasteiger partial charge < -0.3 is 9.47 Å². The third-order valence-electron chi connectivity index (χ3n) is 3.54. The van der Waals surface area contributed by atoms with Gasteiger partial charge in [-0.15, -0.1) is 0 Å². The molecule has 2 atom stereocenters. The minimum absolute atomic E-state index is 0.0768. The predicted octanol–water partition coefficient (Wildman–Crippen LogP) is 4.83. The summed E-state index contributed by atoms with van der Waals surface area (Å²) in [6, 6.07) is 0. The second-order valence-corrected chi connectivity index (χ2v) is 8.46. The first-order valence-corrected chi connectivity index (χ1v) is 8.47. The molecule has 0 N–H and O–H groups in total. The van der Waals surface area contributed by atoms with E-state index in [1.165, 1.54) is 6.42 Å². The highest BCUT2D eigenvalue weighted by Crippen LogP contribution is 2.39. The molecule has 0 spiro atoms. The van der Waals surface area contributed by atoms with Gasteiger partial charge in [0.2, 0.25) is 0 Å². The molecule has 1 saturated carbocycles. The monoisotopic (exact) mass is 338 g/mol. The lowest BCUT2D eigenvalue weighted by Gasteiger charge is -2.38. The number of hydrogen-bond donors (Lipinski definition) is 0. The summed E-state index contributed by atoms with van der Waals surface area (Å²) >= 11 is 0. The zero-order valence-corrected chi connectivity index (χ0v) is 16.4. The van der Waals surface area contributed by atoms with E-state index < -0.39 is 5.60 Å². The Morgan fingerprint density at radius 1 is 1.21 bits per heavy atom. The SMILES string of the molecule is C=C(C)C(=O)OC1CC(C)CC(C)(C)C1.C=CC(=O)OC(C)(C)C. The maximum Gasteiger partial charge on any atom is 0.333 e. The summed E-state index contributed by atoms with van der Waals surface area (Å²) in [4.78, 5) is 21.9. The Hall–Kier alpha value is -1.58. The van der Waals surface area contributed by atoms with E-state index in [9.17, 15) is 9.59 Å². The van der Waals surface area contributed by atoms with Crippen molar-refractivity contribution in [3.8, 4) is 0 Å². The number of rotatable bonds is 3. The molecule has 0 aromatic rings. The van der Waals surface area contributed by atoms with Crippen LogP contribution in [0.1, 0.15) is 67.7 Å². The number of hydrogen-bond acceptors (Lipinski definition) is 4. The summed E-state index contributed by atoms with van der Waals surface area (Å²) in [5, 5.41) is 0. The van der Waals surface area contributed by atoms with E-state index in [1.807, 2.05) is 20.8 Å². The van der Waals surface area contributed by atoms with E-state index in [0.29, 0.717) is 11.5 Å². The number of carbonyl (C=O) groups excluding carboxylic acids is 2. The Bertz CT molecular complexity index is 469. The highest BCUT2D eigenvalue weighted by molar-refractivity contribution is 5.87. The van der Waals surface area contributed by atoms with Crippen LogP contribution in [0.3, 0.4) is 0 Å². The Morgan fingerprint density at radius 3 is 2.08 bits per heavy atom. The first kappa shape index (κ1) is 22.4. The maximum atomic E-state index is 11.4. The van der Waals surface area contributed by atoms with Crippen LogP contribution in [0.4, 0.5) is 0 Å². The molecule has 0 aromatic heterocycles. The van der Waals surface area contributed by atoms with Gasteiger partial charge in [0.05, 0.1) is 0 Å². The van der Waals surface area contributed by atoms with Crippen molar-refractivity contribution < 1.29 is 19.1 Å². The minimum atomic E-state index is -0.398. The van der Waals surface area contributed by atoms with Crippen LogP contribution in [0.15, 0.2) is 24.8 Å². The van der Waals surface area contributed by atoms with Gasteiger partial charge in [0.1, 0.15) is 11.7 Å². The Balaban J connectivity index is 0.000000506. The molecule has 0 heterocycles. The summed E-state index contributed by atoms with van der Waals surface area (Å²) < 4.78 is 10.3. The van der Waals surface area contributed by atoms with E-state index in [2.05, 4.69) is 33.9 Å². The zero-order chi connectivity index (χ0) is 19.1. The lowest BCUT2D eigenvalue weighted by molar-refractivity contribution is -0.149. The Morgan fingerprint density at radius 2 is 1.75 bits per heavy atom. The molecule has 0 radical (unpaired) electrons. The van der Waals surface area contributed by atoms with Gasteiger partial charge in [-0.3, -0.25) is 0 Å². The molecular formula is C20H34O4. The summed E-state index contributed by atoms with van der Waals surface area (Å²) in [6.07, 6.45) is 4.41. The third kappa shape index (κ3) is 10.2. The van der Waals surface area contributed by atoms with Crippen molar-refractivity contribution in [3.63, 3.8) is 0 Å². The van der Waals surface area contributed by atoms with Gasteiger partial charge in [-0.1, -0.05) is 33.9 Å². The quantitative estimate of drug-likeness (QED) is 0.546. The zero-order valence-electron chi connectivity index (χ0n) is 16.4. The van der Waals surface area contributed by atoms with Crippen molar-refractivity contribution in [1.82, 2.24) is 0 Å². The fourth-order valence-corrected chi connectivity index (χ4v) is 2.94. The topological polar surface area (TPSA) is 52.6 Å². The first-order chi connectivity index (χ1) is 10.8. The molecule has 0 aromatic carbocycles. The van der Waals surface area contributed by atoms with Crippen molar-refractivity contribution in [2.45, 2.75) is 79.4 Å². The molecule has 1 aliphatic carbocycles. The molecule has 1 fully saturated rings. The van der Waals surface area contributed by atoms with Gasteiger partial charge >= 0.3 is 11.9 Å². The second-order valence-electron chi connectivity index (χ2n) is 8.46. The van der Waals surface area contributed by atoms with Crippen molar-refractivity contribution in [2.24, 2.45) is 11.3 Å². The molecule has 1 rings (SSSR count). The van der Waals surface area contributed by atoms with Crippen LogP contribution in [0.2, 0.25) is 0 Å². The van der Waals surface area contributed by atoms with E-state index in [-0.39, 0.29) is 23.5 Å². The van der Waals surface area contributed by atoms with E-state index >= 15 is 0 Å². The highest BCUT2D eigenvalue weighted by atomic mass is 16.6.